The van der Waals surface area contributed by atoms with E-state index in [2.05, 4.69) is 38.4 Å². The lowest BCUT2D eigenvalue weighted by molar-refractivity contribution is -0.137. The number of nitrogens with zero attached hydrogens (tertiary/aromatic N) is 4. The SMILES string of the molecule is C=C/C(=C\C(=C)F)CNc1ncc(C#N)c(-c2c[nH]c3ncc(C(F)(F)F)cc23)n1. The van der Waals surface area contributed by atoms with Crippen LogP contribution in [0.1, 0.15) is 11.1 Å². The summed E-state index contributed by atoms with van der Waals surface area (Å²) in [4.78, 5) is 14.8. The molecule has 152 valence electrons. The van der Waals surface area contributed by atoms with Gasteiger partial charge in [-0.25, -0.2) is 19.3 Å². The number of H-pyrrole nitrogens is 1. The maximum absolute atomic E-state index is 13.1. The number of anilines is 1. The first-order valence-corrected chi connectivity index (χ1v) is 8.46. The van der Waals surface area contributed by atoms with Gasteiger partial charge in [-0.2, -0.15) is 18.4 Å². The minimum atomic E-state index is -4.57. The quantitative estimate of drug-likeness (QED) is 0.442. The lowest BCUT2D eigenvalue weighted by Gasteiger charge is -2.09. The van der Waals surface area contributed by atoms with E-state index in [0.717, 1.165) is 12.3 Å². The van der Waals surface area contributed by atoms with Crippen molar-refractivity contribution in [3.8, 4) is 17.3 Å². The summed E-state index contributed by atoms with van der Waals surface area (Å²) in [6, 6.07) is 2.87. The van der Waals surface area contributed by atoms with Gasteiger partial charge in [0.1, 0.15) is 17.5 Å². The minimum Gasteiger partial charge on any atom is -0.350 e. The number of nitrogens with one attached hydrogen (secondary N) is 2. The number of fused-ring (bicyclic) bond motifs is 1. The first-order valence-electron chi connectivity index (χ1n) is 8.46. The molecule has 0 aromatic carbocycles. The molecule has 3 rings (SSSR count). The average Bonchev–Trinajstić information content (AvgIpc) is 3.13. The van der Waals surface area contributed by atoms with Gasteiger partial charge in [-0.1, -0.05) is 19.2 Å². The standard InChI is InChI=1S/C20H14F4N6/c1-3-12(4-11(2)21)7-28-19-29-8-13(6-25)17(30-19)16-10-27-18-15(16)5-14(9-26-18)20(22,23)24/h3-5,8-10H,1-2,7H2,(H,26,27)(H,28,29,30)/b12-4+. The van der Waals surface area contributed by atoms with Crippen LogP contribution in [0.5, 0.6) is 0 Å². The number of aromatic amines is 1. The molecule has 0 amide bonds. The molecule has 3 aromatic heterocycles. The molecule has 30 heavy (non-hydrogen) atoms. The predicted octanol–water partition coefficient (Wildman–Crippen LogP) is 4.92. The Morgan fingerprint density at radius 3 is 2.70 bits per heavy atom. The van der Waals surface area contributed by atoms with E-state index in [1.807, 2.05) is 6.07 Å². The van der Waals surface area contributed by atoms with Gasteiger partial charge < -0.3 is 10.3 Å². The third-order valence-corrected chi connectivity index (χ3v) is 4.08. The van der Waals surface area contributed by atoms with Crippen molar-refractivity contribution in [2.24, 2.45) is 0 Å². The van der Waals surface area contributed by atoms with E-state index in [4.69, 9.17) is 0 Å². The first-order chi connectivity index (χ1) is 14.2. The van der Waals surface area contributed by atoms with Crippen molar-refractivity contribution < 1.29 is 17.6 Å². The number of pyridine rings is 1. The molecule has 3 aromatic rings. The van der Waals surface area contributed by atoms with Gasteiger partial charge in [0.05, 0.1) is 23.0 Å². The van der Waals surface area contributed by atoms with Crippen LogP contribution in [0.4, 0.5) is 23.5 Å². The summed E-state index contributed by atoms with van der Waals surface area (Å²) in [5.74, 6) is -0.560. The third kappa shape index (κ3) is 4.35. The lowest BCUT2D eigenvalue weighted by atomic mass is 10.1. The molecule has 0 unspecified atom stereocenters. The molecule has 2 N–H and O–H groups in total. The normalized spacial score (nSPS) is 11.9. The molecule has 0 atom stereocenters. The van der Waals surface area contributed by atoms with Gasteiger partial charge in [0, 0.05) is 29.9 Å². The number of rotatable bonds is 6. The van der Waals surface area contributed by atoms with Crippen LogP contribution >= 0.6 is 0 Å². The van der Waals surface area contributed by atoms with Crippen LogP contribution in [0.2, 0.25) is 0 Å². The predicted molar refractivity (Wildman–Crippen MR) is 104 cm³/mol. The average molecular weight is 414 g/mol. The largest absolute Gasteiger partial charge is 0.417 e. The number of halogens is 4. The fraction of sp³-hybridized carbons (Fsp3) is 0.100. The topological polar surface area (TPSA) is 90.3 Å². The number of hydrogen-bond donors (Lipinski definition) is 2. The Hall–Kier alpha value is -4.00. The molecule has 0 fully saturated rings. The second kappa shape index (κ2) is 8.16. The minimum absolute atomic E-state index is 0.0653. The highest BCUT2D eigenvalue weighted by Gasteiger charge is 2.31. The van der Waals surface area contributed by atoms with Gasteiger partial charge in [-0.3, -0.25) is 0 Å². The Morgan fingerprint density at radius 2 is 2.07 bits per heavy atom. The van der Waals surface area contributed by atoms with E-state index in [-0.39, 0.29) is 40.3 Å². The molecular weight excluding hydrogens is 400 g/mol. The van der Waals surface area contributed by atoms with Crippen molar-refractivity contribution in [3.63, 3.8) is 0 Å². The Labute approximate surface area is 168 Å². The van der Waals surface area contributed by atoms with Crippen LogP contribution in [-0.4, -0.2) is 26.5 Å². The van der Waals surface area contributed by atoms with Crippen LogP contribution < -0.4 is 5.32 Å². The van der Waals surface area contributed by atoms with Crippen LogP contribution in [0.25, 0.3) is 22.3 Å². The molecule has 0 aliphatic rings. The summed E-state index contributed by atoms with van der Waals surface area (Å²) in [5, 5.41) is 12.4. The van der Waals surface area contributed by atoms with Gasteiger partial charge in [-0.05, 0) is 17.7 Å². The van der Waals surface area contributed by atoms with Crippen molar-refractivity contribution >= 4 is 17.0 Å². The van der Waals surface area contributed by atoms with Crippen molar-refractivity contribution in [1.82, 2.24) is 19.9 Å². The summed E-state index contributed by atoms with van der Waals surface area (Å²) in [6.45, 7) is 6.83. The van der Waals surface area contributed by atoms with Gasteiger partial charge >= 0.3 is 6.18 Å². The van der Waals surface area contributed by atoms with Gasteiger partial charge in [0.2, 0.25) is 5.95 Å². The first kappa shape index (κ1) is 20.7. The molecule has 6 nitrogen and oxygen atoms in total. The Kier molecular flexibility index (Phi) is 5.64. The summed E-state index contributed by atoms with van der Waals surface area (Å²) < 4.78 is 52.2. The fourth-order valence-electron chi connectivity index (χ4n) is 2.67. The van der Waals surface area contributed by atoms with E-state index in [0.29, 0.717) is 5.57 Å². The molecule has 10 heteroatoms. The highest BCUT2D eigenvalue weighted by molar-refractivity contribution is 5.94. The Balaban J connectivity index is 2.03. The molecule has 0 radical (unpaired) electrons. The molecule has 0 aliphatic carbocycles. The van der Waals surface area contributed by atoms with Crippen LogP contribution in [0.15, 0.2) is 61.4 Å². The molecule has 3 heterocycles. The van der Waals surface area contributed by atoms with Gasteiger partial charge in [0.25, 0.3) is 0 Å². The maximum atomic E-state index is 13.1. The molecule has 0 bridgehead atoms. The molecular formula is C20H14F4N6. The zero-order valence-corrected chi connectivity index (χ0v) is 15.4. The van der Waals surface area contributed by atoms with E-state index in [1.165, 1.54) is 24.5 Å². The monoisotopic (exact) mass is 414 g/mol. The molecule has 0 saturated carbocycles. The molecule has 0 saturated heterocycles. The van der Waals surface area contributed by atoms with Crippen molar-refractivity contribution in [2.45, 2.75) is 6.18 Å². The number of nitriles is 1. The van der Waals surface area contributed by atoms with Crippen LogP contribution in [0.3, 0.4) is 0 Å². The van der Waals surface area contributed by atoms with E-state index in [1.54, 1.807) is 0 Å². The number of aromatic nitrogens is 4. The van der Waals surface area contributed by atoms with Crippen LogP contribution in [-0.2, 0) is 6.18 Å². The Morgan fingerprint density at radius 1 is 1.30 bits per heavy atom. The second-order valence-electron chi connectivity index (χ2n) is 6.11. The lowest BCUT2D eigenvalue weighted by Crippen LogP contribution is -2.08. The molecule has 0 aliphatic heterocycles. The van der Waals surface area contributed by atoms with E-state index in [9.17, 15) is 22.8 Å². The van der Waals surface area contributed by atoms with Crippen molar-refractivity contribution in [3.05, 3.63) is 72.5 Å². The van der Waals surface area contributed by atoms with E-state index < -0.39 is 17.6 Å². The van der Waals surface area contributed by atoms with Gasteiger partial charge in [0.15, 0.2) is 0 Å². The summed E-state index contributed by atoms with van der Waals surface area (Å²) >= 11 is 0. The maximum Gasteiger partial charge on any atom is 0.417 e. The van der Waals surface area contributed by atoms with Crippen LogP contribution in [0, 0.1) is 11.3 Å². The fourth-order valence-corrected chi connectivity index (χ4v) is 2.67. The third-order valence-electron chi connectivity index (χ3n) is 4.08. The van der Waals surface area contributed by atoms with Crippen molar-refractivity contribution in [1.29, 1.82) is 5.26 Å². The number of allylic oxidation sites excluding steroid dienone is 2. The molecule has 0 spiro atoms. The second-order valence-corrected chi connectivity index (χ2v) is 6.11. The number of hydrogen-bond acceptors (Lipinski definition) is 5. The summed E-state index contributed by atoms with van der Waals surface area (Å²) in [7, 11) is 0. The highest BCUT2D eigenvalue weighted by Crippen LogP contribution is 2.34. The van der Waals surface area contributed by atoms with Crippen molar-refractivity contribution in [2.75, 3.05) is 11.9 Å². The zero-order chi connectivity index (χ0) is 21.9. The smallest absolute Gasteiger partial charge is 0.350 e. The van der Waals surface area contributed by atoms with E-state index >= 15 is 0 Å². The summed E-state index contributed by atoms with van der Waals surface area (Å²) in [6.07, 6.45) is 1.42. The summed E-state index contributed by atoms with van der Waals surface area (Å²) in [5.41, 5.74) is 0.226. The number of alkyl halides is 3. The Bertz CT molecular complexity index is 1200. The highest BCUT2D eigenvalue weighted by atomic mass is 19.4. The van der Waals surface area contributed by atoms with Gasteiger partial charge in [-0.15, -0.1) is 0 Å². The zero-order valence-electron chi connectivity index (χ0n) is 15.4.